The van der Waals surface area contributed by atoms with Crippen molar-refractivity contribution in [3.63, 3.8) is 0 Å². The predicted octanol–water partition coefficient (Wildman–Crippen LogP) is 1.56. The summed E-state index contributed by atoms with van der Waals surface area (Å²) in [6, 6.07) is 0.844. The summed E-state index contributed by atoms with van der Waals surface area (Å²) in [5, 5.41) is 3.72. The van der Waals surface area contributed by atoms with Gasteiger partial charge in [0.25, 0.3) is 0 Å². The lowest BCUT2D eigenvalue weighted by atomic mass is 9.75. The number of hydrogen-bond donors (Lipinski definition) is 1. The second kappa shape index (κ2) is 2.96. The second-order valence-corrected chi connectivity index (χ2v) is 4.99. The van der Waals surface area contributed by atoms with Crippen LogP contribution in [0.2, 0.25) is 0 Å². The van der Waals surface area contributed by atoms with Gasteiger partial charge in [-0.3, -0.25) is 0 Å². The molecule has 1 spiro atoms. The summed E-state index contributed by atoms with van der Waals surface area (Å²) < 4.78 is 5.48. The monoisotopic (exact) mass is 181 g/mol. The van der Waals surface area contributed by atoms with Gasteiger partial charge in [0.15, 0.2) is 0 Å². The van der Waals surface area contributed by atoms with Crippen LogP contribution in [0.1, 0.15) is 32.1 Å². The molecule has 3 aliphatic rings. The van der Waals surface area contributed by atoms with Gasteiger partial charge in [-0.25, -0.2) is 0 Å². The van der Waals surface area contributed by atoms with E-state index in [9.17, 15) is 0 Å². The lowest BCUT2D eigenvalue weighted by Gasteiger charge is -2.38. The third-order valence-electron chi connectivity index (χ3n) is 4.51. The highest BCUT2D eigenvalue weighted by atomic mass is 16.5. The minimum Gasteiger partial charge on any atom is -0.381 e. The predicted molar refractivity (Wildman–Crippen MR) is 51.6 cm³/mol. The molecule has 2 saturated heterocycles. The Balaban J connectivity index is 1.81. The number of nitrogens with one attached hydrogen (secondary N) is 1. The average molecular weight is 181 g/mol. The van der Waals surface area contributed by atoms with Gasteiger partial charge in [0.05, 0.1) is 0 Å². The van der Waals surface area contributed by atoms with Crippen molar-refractivity contribution < 1.29 is 4.74 Å². The fraction of sp³-hybridized carbons (Fsp3) is 1.00. The summed E-state index contributed by atoms with van der Waals surface area (Å²) in [6.45, 7) is 3.27. The van der Waals surface area contributed by atoms with Crippen molar-refractivity contribution in [2.45, 2.75) is 38.1 Å². The second-order valence-electron chi connectivity index (χ2n) is 4.99. The molecule has 0 aromatic heterocycles. The van der Waals surface area contributed by atoms with E-state index in [1.54, 1.807) is 0 Å². The lowest BCUT2D eigenvalue weighted by Crippen LogP contribution is -2.43. The van der Waals surface area contributed by atoms with Crippen LogP contribution in [0.3, 0.4) is 0 Å². The smallest absolute Gasteiger partial charge is 0.0471 e. The summed E-state index contributed by atoms with van der Waals surface area (Å²) in [5.41, 5.74) is 0.638. The molecule has 0 aromatic rings. The molecule has 0 bridgehead atoms. The molecule has 2 aliphatic heterocycles. The van der Waals surface area contributed by atoms with Crippen LogP contribution < -0.4 is 5.32 Å². The van der Waals surface area contributed by atoms with Crippen molar-refractivity contribution in [3.8, 4) is 0 Å². The molecule has 0 amide bonds. The van der Waals surface area contributed by atoms with Gasteiger partial charge in [0.1, 0.15) is 0 Å². The normalized spacial score (nSPS) is 42.5. The molecule has 2 atom stereocenters. The summed E-state index contributed by atoms with van der Waals surface area (Å²) in [4.78, 5) is 0. The molecule has 1 N–H and O–H groups in total. The average Bonchev–Trinajstić information content (AvgIpc) is 2.73. The van der Waals surface area contributed by atoms with E-state index in [0.717, 1.165) is 25.2 Å². The van der Waals surface area contributed by atoms with E-state index in [4.69, 9.17) is 4.74 Å². The summed E-state index contributed by atoms with van der Waals surface area (Å²) >= 11 is 0. The molecule has 1 aliphatic carbocycles. The molecule has 0 radical (unpaired) electrons. The Morgan fingerprint density at radius 2 is 1.92 bits per heavy atom. The lowest BCUT2D eigenvalue weighted by molar-refractivity contribution is 0.00480. The van der Waals surface area contributed by atoms with E-state index in [-0.39, 0.29) is 0 Å². The Labute approximate surface area is 80.0 Å². The molecular weight excluding hydrogens is 162 g/mol. The van der Waals surface area contributed by atoms with Crippen LogP contribution in [0.15, 0.2) is 0 Å². The molecule has 2 unspecified atom stereocenters. The van der Waals surface area contributed by atoms with Gasteiger partial charge in [-0.1, -0.05) is 0 Å². The van der Waals surface area contributed by atoms with Gasteiger partial charge in [-0.15, -0.1) is 0 Å². The molecule has 2 heterocycles. The Hall–Kier alpha value is -0.0800. The third kappa shape index (κ3) is 1.15. The van der Waals surface area contributed by atoms with E-state index >= 15 is 0 Å². The largest absolute Gasteiger partial charge is 0.381 e. The van der Waals surface area contributed by atoms with Crippen molar-refractivity contribution in [1.82, 2.24) is 5.32 Å². The molecular formula is C11H19NO. The van der Waals surface area contributed by atoms with Crippen molar-refractivity contribution in [3.05, 3.63) is 0 Å². The van der Waals surface area contributed by atoms with Crippen LogP contribution in [-0.4, -0.2) is 25.8 Å². The SMILES string of the molecule is C1CC2CCC3(CCOCC3)C2N1. The minimum absolute atomic E-state index is 0.638. The molecule has 13 heavy (non-hydrogen) atoms. The molecule has 1 saturated carbocycles. The van der Waals surface area contributed by atoms with Gasteiger partial charge < -0.3 is 10.1 Å². The van der Waals surface area contributed by atoms with Gasteiger partial charge >= 0.3 is 0 Å². The first-order valence-electron chi connectivity index (χ1n) is 5.72. The van der Waals surface area contributed by atoms with Crippen LogP contribution >= 0.6 is 0 Å². The van der Waals surface area contributed by atoms with Crippen molar-refractivity contribution in [2.24, 2.45) is 11.3 Å². The molecule has 0 aromatic carbocycles. The van der Waals surface area contributed by atoms with Gasteiger partial charge in [0, 0.05) is 19.3 Å². The number of ether oxygens (including phenoxy) is 1. The quantitative estimate of drug-likeness (QED) is 0.612. The highest BCUT2D eigenvalue weighted by Crippen LogP contribution is 2.51. The Morgan fingerprint density at radius 1 is 1.08 bits per heavy atom. The first kappa shape index (κ1) is 8.25. The highest BCUT2D eigenvalue weighted by molar-refractivity contribution is 5.04. The van der Waals surface area contributed by atoms with E-state index in [1.165, 1.54) is 38.6 Å². The van der Waals surface area contributed by atoms with Gasteiger partial charge in [-0.05, 0) is 50.0 Å². The van der Waals surface area contributed by atoms with Crippen LogP contribution in [0.25, 0.3) is 0 Å². The zero-order valence-electron chi connectivity index (χ0n) is 8.22. The fourth-order valence-corrected chi connectivity index (χ4v) is 3.75. The van der Waals surface area contributed by atoms with Crippen LogP contribution in [0, 0.1) is 11.3 Å². The van der Waals surface area contributed by atoms with Crippen LogP contribution in [0.4, 0.5) is 0 Å². The maximum Gasteiger partial charge on any atom is 0.0471 e. The molecule has 2 nitrogen and oxygen atoms in total. The summed E-state index contributed by atoms with van der Waals surface area (Å²) in [6.07, 6.45) is 6.96. The molecule has 2 heteroatoms. The van der Waals surface area contributed by atoms with E-state index in [2.05, 4.69) is 5.32 Å². The zero-order valence-corrected chi connectivity index (χ0v) is 8.22. The van der Waals surface area contributed by atoms with E-state index in [0.29, 0.717) is 5.41 Å². The first-order chi connectivity index (χ1) is 6.41. The van der Waals surface area contributed by atoms with Crippen molar-refractivity contribution in [2.75, 3.05) is 19.8 Å². The number of rotatable bonds is 0. The third-order valence-corrected chi connectivity index (χ3v) is 4.51. The highest BCUT2D eigenvalue weighted by Gasteiger charge is 2.50. The maximum atomic E-state index is 5.48. The number of fused-ring (bicyclic) bond motifs is 2. The van der Waals surface area contributed by atoms with Gasteiger partial charge in [0.2, 0.25) is 0 Å². The topological polar surface area (TPSA) is 21.3 Å². The zero-order chi connectivity index (χ0) is 8.73. The van der Waals surface area contributed by atoms with E-state index in [1.807, 2.05) is 0 Å². The fourth-order valence-electron chi connectivity index (χ4n) is 3.75. The molecule has 3 fully saturated rings. The van der Waals surface area contributed by atoms with Crippen molar-refractivity contribution >= 4 is 0 Å². The molecule has 74 valence electrons. The first-order valence-corrected chi connectivity index (χ1v) is 5.72. The summed E-state index contributed by atoms with van der Waals surface area (Å²) in [5.74, 6) is 0.998. The van der Waals surface area contributed by atoms with Gasteiger partial charge in [-0.2, -0.15) is 0 Å². The standard InChI is InChI=1S/C11H19NO/c1-3-11(4-7-13-8-5-11)10-9(1)2-6-12-10/h9-10,12H,1-8H2. The number of hydrogen-bond acceptors (Lipinski definition) is 2. The molecule has 3 rings (SSSR count). The van der Waals surface area contributed by atoms with Crippen molar-refractivity contribution in [1.29, 1.82) is 0 Å². The Morgan fingerprint density at radius 3 is 2.77 bits per heavy atom. The minimum atomic E-state index is 0.638. The van der Waals surface area contributed by atoms with Crippen LogP contribution in [-0.2, 0) is 4.74 Å². The summed E-state index contributed by atoms with van der Waals surface area (Å²) in [7, 11) is 0. The Kier molecular flexibility index (Phi) is 1.88. The van der Waals surface area contributed by atoms with Crippen LogP contribution in [0.5, 0.6) is 0 Å². The van der Waals surface area contributed by atoms with E-state index < -0.39 is 0 Å². The maximum absolute atomic E-state index is 5.48. The Bertz CT molecular complexity index is 193.